The van der Waals surface area contributed by atoms with Gasteiger partial charge in [0.1, 0.15) is 47.1 Å². The molecule has 0 aliphatic rings. The fraction of sp³-hybridized carbons (Fsp3) is 0.391. The molecule has 0 saturated heterocycles. The lowest BCUT2D eigenvalue weighted by molar-refractivity contribution is 0.111. The summed E-state index contributed by atoms with van der Waals surface area (Å²) in [6.07, 6.45) is 54.1. The summed E-state index contributed by atoms with van der Waals surface area (Å²) in [4.78, 5) is 22.7. The lowest BCUT2D eigenvalue weighted by Crippen LogP contribution is -2.03. The maximum atomic E-state index is 11.4. The van der Waals surface area contributed by atoms with Gasteiger partial charge in [0.05, 0.1) is 39.6 Å². The molecule has 0 bridgehead atoms. The van der Waals surface area contributed by atoms with E-state index in [9.17, 15) is 9.59 Å². The second-order valence-electron chi connectivity index (χ2n) is 26.1. The summed E-state index contributed by atoms with van der Waals surface area (Å²) in [5, 5.41) is 0. The van der Waals surface area contributed by atoms with Crippen molar-refractivity contribution in [2.45, 2.75) is 196 Å². The first-order chi connectivity index (χ1) is 49.3. The van der Waals surface area contributed by atoms with Crippen molar-refractivity contribution in [1.29, 1.82) is 0 Å². The normalized spacial score (nSPS) is 11.7. The lowest BCUT2D eigenvalue weighted by Gasteiger charge is -2.16. The maximum absolute atomic E-state index is 11.4. The largest absolute Gasteiger partial charge is 0.493 e. The second-order valence-corrected chi connectivity index (χ2v) is 26.1. The summed E-state index contributed by atoms with van der Waals surface area (Å²) < 4.78 is 39.7. The van der Waals surface area contributed by atoms with Gasteiger partial charge in [-0.15, -0.1) is 0 Å². The molecule has 0 amide bonds. The van der Waals surface area contributed by atoms with Gasteiger partial charge in [0.25, 0.3) is 0 Å². The average molecular weight is 1350 g/mol. The molecule has 0 spiro atoms. The van der Waals surface area contributed by atoms with E-state index in [2.05, 4.69) is 199 Å². The van der Waals surface area contributed by atoms with Crippen LogP contribution in [0.5, 0.6) is 34.5 Å². The van der Waals surface area contributed by atoms with Crippen molar-refractivity contribution < 1.29 is 38.0 Å². The number of rotatable bonds is 50. The van der Waals surface area contributed by atoms with Gasteiger partial charge in [0, 0.05) is 44.5 Å². The van der Waals surface area contributed by atoms with Crippen molar-refractivity contribution in [2.24, 2.45) is 0 Å². The number of benzene rings is 7. The van der Waals surface area contributed by atoms with E-state index < -0.39 is 0 Å². The van der Waals surface area contributed by atoms with Crippen LogP contribution >= 0.6 is 0 Å². The van der Waals surface area contributed by atoms with E-state index in [1.54, 1.807) is 0 Å². The van der Waals surface area contributed by atoms with Gasteiger partial charge in [-0.1, -0.05) is 327 Å². The number of unbranched alkanes of at least 4 members (excludes halogenated alkanes) is 18. The number of ether oxygens (including phenoxy) is 6. The Morgan fingerprint density at radius 3 is 0.490 bits per heavy atom. The SMILES string of the molecule is CCCCCCOc1cc(/C=C/c2ccc(/C=C/c3cc(OCCCCCC)c(/C=C/c4ccc(/C=C/c5cc(OCCCCCC)c(/C=C/c6ccc(C=O)cc6)cc5OCCCCCC)cc4)cc3OCCCCCC)cc2)c(OCCCCCC)cc1/C=C/c1ccc(C=O)cc1. The molecule has 0 unspecified atom stereocenters. The number of aldehydes is 2. The Kier molecular flexibility index (Phi) is 37.0. The van der Waals surface area contributed by atoms with E-state index in [0.717, 1.165) is 204 Å². The molecule has 7 rings (SSSR count). The van der Waals surface area contributed by atoms with Crippen LogP contribution in [-0.2, 0) is 0 Å². The highest BCUT2D eigenvalue weighted by Gasteiger charge is 2.15. The van der Waals surface area contributed by atoms with Crippen LogP contribution in [0.4, 0.5) is 0 Å². The number of carbonyl (C=O) groups is 2. The van der Waals surface area contributed by atoms with Gasteiger partial charge in [-0.25, -0.2) is 0 Å². The smallest absolute Gasteiger partial charge is 0.150 e. The van der Waals surface area contributed by atoms with E-state index in [1.165, 1.54) is 64.2 Å². The standard InChI is InChI=1S/C92H114O8/c1-7-13-19-25-59-95-87-65-82(54-48-74-33-37-76(38-34-74)50-56-84-68-92(100-64-30-24-18-12-6)86(70-90(84)98-62-28-22-16-10-4)58-52-78-41-45-80(72-94)46-42-78)88(96-60-26-20-14-8-2)66-81(87)53-47-73-31-35-75(36-32-73)49-55-83-67-91(99-63-29-23-17-11-5)85(69-89(83)97-61-27-21-15-9-3)57-51-77-39-43-79(71-93)44-40-77/h31-58,65-72H,7-30,59-64H2,1-6H3/b53-47+,54-48+,55-49+,56-50+,57-51+,58-52+. The van der Waals surface area contributed by atoms with Crippen LogP contribution in [-0.4, -0.2) is 52.2 Å². The van der Waals surface area contributed by atoms with Crippen molar-refractivity contribution in [1.82, 2.24) is 0 Å². The Morgan fingerprint density at radius 2 is 0.350 bits per heavy atom. The van der Waals surface area contributed by atoms with Gasteiger partial charge in [-0.3, -0.25) is 9.59 Å². The molecular formula is C92H114O8. The Hall–Kier alpha value is -8.88. The zero-order chi connectivity index (χ0) is 70.5. The zero-order valence-corrected chi connectivity index (χ0v) is 61.3. The first-order valence-electron chi connectivity index (χ1n) is 38.0. The molecule has 0 aliphatic carbocycles. The highest BCUT2D eigenvalue weighted by atomic mass is 16.5. The summed E-state index contributed by atoms with van der Waals surface area (Å²) in [6.45, 7) is 17.2. The van der Waals surface area contributed by atoms with Gasteiger partial charge in [0.2, 0.25) is 0 Å². The van der Waals surface area contributed by atoms with E-state index in [0.29, 0.717) is 50.8 Å². The van der Waals surface area contributed by atoms with Crippen LogP contribution in [0, 0.1) is 0 Å². The molecule has 0 atom stereocenters. The minimum absolute atomic E-state index is 0.632. The number of hydrogen-bond donors (Lipinski definition) is 0. The van der Waals surface area contributed by atoms with Gasteiger partial charge in [0.15, 0.2) is 0 Å². The van der Waals surface area contributed by atoms with Crippen LogP contribution in [0.2, 0.25) is 0 Å². The average Bonchev–Trinajstić information content (AvgIpc) is 0.839. The molecule has 0 aliphatic heterocycles. The summed E-state index contributed by atoms with van der Waals surface area (Å²) in [5.41, 5.74) is 13.4. The minimum Gasteiger partial charge on any atom is -0.493 e. The first-order valence-corrected chi connectivity index (χ1v) is 38.0. The molecule has 0 heterocycles. The molecule has 100 heavy (non-hydrogen) atoms. The quantitative estimate of drug-likeness (QED) is 0.0212. The second kappa shape index (κ2) is 47.2. The Bertz CT molecular complexity index is 3420. The predicted octanol–water partition coefficient (Wildman–Crippen LogP) is 26.1. The topological polar surface area (TPSA) is 89.5 Å². The molecule has 0 saturated carbocycles. The molecule has 530 valence electrons. The molecule has 0 aromatic heterocycles. The van der Waals surface area contributed by atoms with Crippen molar-refractivity contribution in [3.8, 4) is 34.5 Å². The highest BCUT2D eigenvalue weighted by Crippen LogP contribution is 2.37. The summed E-state index contributed by atoms with van der Waals surface area (Å²) in [6, 6.07) is 45.3. The monoisotopic (exact) mass is 1350 g/mol. The fourth-order valence-electron chi connectivity index (χ4n) is 11.5. The molecule has 0 fully saturated rings. The van der Waals surface area contributed by atoms with Gasteiger partial charge in [-0.2, -0.15) is 0 Å². The number of hydrogen-bond acceptors (Lipinski definition) is 8. The molecule has 8 nitrogen and oxygen atoms in total. The van der Waals surface area contributed by atoms with E-state index in [-0.39, 0.29) is 0 Å². The van der Waals surface area contributed by atoms with Crippen molar-refractivity contribution in [3.05, 3.63) is 211 Å². The third kappa shape index (κ3) is 28.8. The van der Waals surface area contributed by atoms with Crippen LogP contribution in [0.15, 0.2) is 133 Å². The fourth-order valence-corrected chi connectivity index (χ4v) is 11.5. The van der Waals surface area contributed by atoms with Gasteiger partial charge in [-0.05, 0) is 108 Å². The molecule has 8 heteroatoms. The molecule has 0 radical (unpaired) electrons. The number of carbonyl (C=O) groups excluding carboxylic acids is 2. The van der Waals surface area contributed by atoms with Crippen LogP contribution in [0.25, 0.3) is 72.9 Å². The molecule has 0 N–H and O–H groups in total. The van der Waals surface area contributed by atoms with E-state index >= 15 is 0 Å². The Balaban J connectivity index is 1.14. The van der Waals surface area contributed by atoms with E-state index in [4.69, 9.17) is 28.4 Å². The van der Waals surface area contributed by atoms with E-state index in [1.807, 2.05) is 48.5 Å². The van der Waals surface area contributed by atoms with Crippen molar-refractivity contribution in [3.63, 3.8) is 0 Å². The maximum Gasteiger partial charge on any atom is 0.150 e. The summed E-state index contributed by atoms with van der Waals surface area (Å²) in [7, 11) is 0. The minimum atomic E-state index is 0.632. The molecule has 7 aromatic rings. The summed E-state index contributed by atoms with van der Waals surface area (Å²) in [5.74, 6) is 4.94. The van der Waals surface area contributed by atoms with Crippen LogP contribution < -0.4 is 28.4 Å². The Labute approximate surface area is 601 Å². The highest BCUT2D eigenvalue weighted by molar-refractivity contribution is 5.84. The third-order valence-electron chi connectivity index (χ3n) is 17.7. The van der Waals surface area contributed by atoms with Gasteiger partial charge >= 0.3 is 0 Å². The first kappa shape index (κ1) is 78.5. The molecule has 7 aromatic carbocycles. The Morgan fingerprint density at radius 1 is 0.200 bits per heavy atom. The zero-order valence-electron chi connectivity index (χ0n) is 61.3. The van der Waals surface area contributed by atoms with Crippen LogP contribution in [0.3, 0.4) is 0 Å². The predicted molar refractivity (Wildman–Crippen MR) is 427 cm³/mol. The lowest BCUT2D eigenvalue weighted by atomic mass is 10.0. The van der Waals surface area contributed by atoms with Crippen molar-refractivity contribution >= 4 is 85.5 Å². The van der Waals surface area contributed by atoms with Crippen LogP contribution in [0.1, 0.15) is 283 Å². The third-order valence-corrected chi connectivity index (χ3v) is 17.7. The van der Waals surface area contributed by atoms with Gasteiger partial charge < -0.3 is 28.4 Å². The summed E-state index contributed by atoms with van der Waals surface area (Å²) >= 11 is 0. The molecular weight excluding hydrogens is 1230 g/mol. The van der Waals surface area contributed by atoms with Crippen molar-refractivity contribution in [2.75, 3.05) is 39.6 Å².